The zero-order chi connectivity index (χ0) is 27.3. The van der Waals surface area contributed by atoms with Gasteiger partial charge in [0.2, 0.25) is 0 Å². The second-order valence-electron chi connectivity index (χ2n) is 8.70. The summed E-state index contributed by atoms with van der Waals surface area (Å²) in [6.07, 6.45) is -3.35. The maximum Gasteiger partial charge on any atom is 0.502 e. The summed E-state index contributed by atoms with van der Waals surface area (Å²) in [7, 11) is -5.80. The first-order chi connectivity index (χ1) is 17.1. The fraction of sp³-hybridized carbons (Fsp3) is 0.409. The van der Waals surface area contributed by atoms with Gasteiger partial charge in [-0.05, 0) is 56.5 Å². The molecule has 3 N–H and O–H groups in total. The summed E-state index contributed by atoms with van der Waals surface area (Å²) in [5, 5.41) is 2.71. The first-order valence-electron chi connectivity index (χ1n) is 11.1. The smallest absolute Gasteiger partial charge is 0.399 e. The first kappa shape index (κ1) is 26.7. The molecule has 0 unspecified atom stereocenters. The van der Waals surface area contributed by atoms with Gasteiger partial charge in [-0.1, -0.05) is 0 Å². The Labute approximate surface area is 207 Å². The molecule has 1 aromatic carbocycles. The number of aromatic nitrogens is 3. The van der Waals surface area contributed by atoms with Crippen molar-refractivity contribution in [3.63, 3.8) is 0 Å². The standard InChI is InChI=1S/C22H22F6N6O2S/c1-11(13-7-14(21(23,24)25)9-15(29)8-13)30-18-16-10-17(37(35,36)22(26,27)28)20(34-5-3-4-6-34)33-19(16)32-12(2)31-18/h7-11H,3-6,29H2,1-2H3,(H,30,31,32,33)/t11-/m1/s1. The SMILES string of the molecule is Cc1nc(N[C@H](C)c2cc(N)cc(C(F)(F)F)c2)c2cc(S(=O)(=O)C(F)(F)F)c(N3CCCC3)nc2n1. The predicted molar refractivity (Wildman–Crippen MR) is 125 cm³/mol. The third-order valence-electron chi connectivity index (χ3n) is 5.90. The van der Waals surface area contributed by atoms with Crippen LogP contribution >= 0.6 is 0 Å². The molecule has 0 spiro atoms. The lowest BCUT2D eigenvalue weighted by Crippen LogP contribution is -2.28. The highest BCUT2D eigenvalue weighted by atomic mass is 32.2. The van der Waals surface area contributed by atoms with Crippen molar-refractivity contribution in [2.24, 2.45) is 0 Å². The molecular weight excluding hydrogens is 526 g/mol. The van der Waals surface area contributed by atoms with E-state index in [0.29, 0.717) is 25.9 Å². The second-order valence-corrected chi connectivity index (χ2v) is 10.6. The zero-order valence-corrected chi connectivity index (χ0v) is 20.4. The van der Waals surface area contributed by atoms with Crippen molar-refractivity contribution in [2.75, 3.05) is 29.0 Å². The Morgan fingerprint density at radius 2 is 1.65 bits per heavy atom. The summed E-state index contributed by atoms with van der Waals surface area (Å²) in [4.78, 5) is 12.9. The van der Waals surface area contributed by atoms with Crippen LogP contribution in [0.15, 0.2) is 29.2 Å². The predicted octanol–water partition coefficient (Wildman–Crippen LogP) is 5.00. The van der Waals surface area contributed by atoms with Gasteiger partial charge in [-0.25, -0.2) is 23.4 Å². The highest BCUT2D eigenvalue weighted by Gasteiger charge is 2.49. The van der Waals surface area contributed by atoms with Crippen molar-refractivity contribution in [1.82, 2.24) is 15.0 Å². The number of sulfone groups is 1. The van der Waals surface area contributed by atoms with Gasteiger partial charge in [0.25, 0.3) is 9.84 Å². The number of nitrogen functional groups attached to an aromatic ring is 1. The Kier molecular flexibility index (Phi) is 6.63. The lowest BCUT2D eigenvalue weighted by molar-refractivity contribution is -0.137. The van der Waals surface area contributed by atoms with E-state index in [9.17, 15) is 34.8 Å². The first-order valence-corrected chi connectivity index (χ1v) is 12.6. The maximum absolute atomic E-state index is 13.6. The van der Waals surface area contributed by atoms with Gasteiger partial charge in [-0.3, -0.25) is 0 Å². The van der Waals surface area contributed by atoms with Crippen LogP contribution in [0, 0.1) is 6.92 Å². The van der Waals surface area contributed by atoms with Crippen molar-refractivity contribution >= 4 is 38.2 Å². The zero-order valence-electron chi connectivity index (χ0n) is 19.6. The molecule has 0 radical (unpaired) electrons. The van der Waals surface area contributed by atoms with Gasteiger partial charge in [0, 0.05) is 18.8 Å². The van der Waals surface area contributed by atoms with Gasteiger partial charge < -0.3 is 16.0 Å². The van der Waals surface area contributed by atoms with Crippen molar-refractivity contribution in [2.45, 2.75) is 49.3 Å². The molecular formula is C22H22F6N6O2S. The molecule has 4 rings (SSSR count). The third kappa shape index (κ3) is 5.22. The molecule has 15 heteroatoms. The molecule has 1 fully saturated rings. The fourth-order valence-electron chi connectivity index (χ4n) is 4.10. The van der Waals surface area contributed by atoms with Crippen molar-refractivity contribution < 1.29 is 34.8 Å². The van der Waals surface area contributed by atoms with Crippen LogP contribution in [0.5, 0.6) is 0 Å². The van der Waals surface area contributed by atoms with Crippen molar-refractivity contribution in [3.05, 3.63) is 41.2 Å². The molecule has 0 saturated carbocycles. The number of rotatable bonds is 5. The molecule has 0 bridgehead atoms. The number of hydrogen-bond donors (Lipinski definition) is 2. The van der Waals surface area contributed by atoms with E-state index in [1.165, 1.54) is 24.8 Å². The van der Waals surface area contributed by atoms with Crippen LogP contribution in [0.2, 0.25) is 0 Å². The topological polar surface area (TPSA) is 114 Å². The average molecular weight is 549 g/mol. The van der Waals surface area contributed by atoms with Crippen LogP contribution in [-0.2, 0) is 16.0 Å². The lowest BCUT2D eigenvalue weighted by Gasteiger charge is -2.22. The summed E-state index contributed by atoms with van der Waals surface area (Å²) in [5.41, 5.74) is -0.991. The summed E-state index contributed by atoms with van der Waals surface area (Å²) < 4.78 is 105. The van der Waals surface area contributed by atoms with Gasteiger partial charge in [0.15, 0.2) is 5.65 Å². The monoisotopic (exact) mass is 548 g/mol. The Hall–Kier alpha value is -3.36. The molecule has 2 aromatic heterocycles. The van der Waals surface area contributed by atoms with Gasteiger partial charge in [0.05, 0.1) is 17.0 Å². The Bertz CT molecular complexity index is 1450. The van der Waals surface area contributed by atoms with Gasteiger partial charge in [0.1, 0.15) is 22.4 Å². The number of benzene rings is 1. The largest absolute Gasteiger partial charge is 0.502 e. The van der Waals surface area contributed by atoms with E-state index in [2.05, 4.69) is 20.3 Å². The average Bonchev–Trinajstić information content (AvgIpc) is 3.31. The lowest BCUT2D eigenvalue weighted by atomic mass is 10.0. The maximum atomic E-state index is 13.6. The van der Waals surface area contributed by atoms with Crippen molar-refractivity contribution in [3.8, 4) is 0 Å². The minimum atomic E-state index is -5.80. The summed E-state index contributed by atoms with van der Waals surface area (Å²) in [6.45, 7) is 3.64. The quantitative estimate of drug-likeness (QED) is 0.338. The molecule has 3 heterocycles. The normalized spacial score (nSPS) is 15.8. The summed E-state index contributed by atoms with van der Waals surface area (Å²) in [6, 6.07) is 2.93. The van der Waals surface area contributed by atoms with Crippen LogP contribution in [0.4, 0.5) is 43.7 Å². The molecule has 200 valence electrons. The second kappa shape index (κ2) is 9.19. The number of halogens is 6. The summed E-state index contributed by atoms with van der Waals surface area (Å²) >= 11 is 0. The Balaban J connectivity index is 1.87. The molecule has 1 aliphatic heterocycles. The number of hydrogen-bond acceptors (Lipinski definition) is 8. The van der Waals surface area contributed by atoms with Crippen LogP contribution in [-0.4, -0.2) is 42.0 Å². The highest BCUT2D eigenvalue weighted by Crippen LogP contribution is 2.39. The number of nitrogens with zero attached hydrogens (tertiary/aromatic N) is 4. The molecule has 0 amide bonds. The number of pyridine rings is 1. The summed E-state index contributed by atoms with van der Waals surface area (Å²) in [5.74, 6) is -0.285. The minimum absolute atomic E-state index is 0.0613. The molecule has 0 aliphatic carbocycles. The number of anilines is 3. The number of alkyl halides is 6. The highest BCUT2D eigenvalue weighted by molar-refractivity contribution is 7.92. The molecule has 8 nitrogen and oxygen atoms in total. The number of nitrogens with one attached hydrogen (secondary N) is 1. The minimum Gasteiger partial charge on any atom is -0.399 e. The van der Waals surface area contributed by atoms with Gasteiger partial charge >= 0.3 is 11.7 Å². The number of aryl methyl sites for hydroxylation is 1. The van der Waals surface area contributed by atoms with Gasteiger partial charge in [-0.2, -0.15) is 26.3 Å². The van der Waals surface area contributed by atoms with Crippen LogP contribution in [0.25, 0.3) is 11.0 Å². The van der Waals surface area contributed by atoms with Crippen molar-refractivity contribution in [1.29, 1.82) is 0 Å². The van der Waals surface area contributed by atoms with E-state index < -0.39 is 38.0 Å². The fourth-order valence-corrected chi connectivity index (χ4v) is 5.04. The van der Waals surface area contributed by atoms with Crippen LogP contribution in [0.1, 0.15) is 42.8 Å². The van der Waals surface area contributed by atoms with E-state index in [-0.39, 0.29) is 39.7 Å². The van der Waals surface area contributed by atoms with Crippen LogP contribution in [0.3, 0.4) is 0 Å². The van der Waals surface area contributed by atoms with E-state index >= 15 is 0 Å². The van der Waals surface area contributed by atoms with Crippen LogP contribution < -0.4 is 16.0 Å². The number of nitrogens with two attached hydrogens (primary N) is 1. The molecule has 3 aromatic rings. The van der Waals surface area contributed by atoms with E-state index in [4.69, 9.17) is 5.73 Å². The molecule has 1 saturated heterocycles. The molecule has 1 aliphatic rings. The van der Waals surface area contributed by atoms with E-state index in [1.54, 1.807) is 0 Å². The van der Waals surface area contributed by atoms with E-state index in [1.807, 2.05) is 0 Å². The Morgan fingerprint density at radius 3 is 2.24 bits per heavy atom. The van der Waals surface area contributed by atoms with E-state index in [0.717, 1.165) is 18.2 Å². The molecule has 37 heavy (non-hydrogen) atoms. The molecule has 1 atom stereocenters. The third-order valence-corrected chi connectivity index (χ3v) is 7.39. The Morgan fingerprint density at radius 1 is 1.00 bits per heavy atom. The van der Waals surface area contributed by atoms with Gasteiger partial charge in [-0.15, -0.1) is 0 Å². The number of fused-ring (bicyclic) bond motifs is 1.